The zero-order valence-electron chi connectivity index (χ0n) is 10.0. The molecule has 0 aliphatic rings. The lowest BCUT2D eigenvalue weighted by Crippen LogP contribution is -2.26. The summed E-state index contributed by atoms with van der Waals surface area (Å²) in [7, 11) is 3.90. The molecule has 0 saturated carbocycles. The maximum Gasteiger partial charge on any atom is 0.269 e. The minimum Gasteiger partial charge on any atom is -0.333 e. The van der Waals surface area contributed by atoms with Gasteiger partial charge in [0.1, 0.15) is 4.88 Å². The predicted octanol–water partition coefficient (Wildman–Crippen LogP) is 1.06. The molecule has 7 heteroatoms. The highest BCUT2D eigenvalue weighted by Gasteiger charge is 2.17. The van der Waals surface area contributed by atoms with E-state index in [1.165, 1.54) is 11.3 Å². The number of aromatic nitrogens is 3. The summed E-state index contributed by atoms with van der Waals surface area (Å²) in [6.45, 7) is 2.61. The van der Waals surface area contributed by atoms with Crippen molar-refractivity contribution in [2.24, 2.45) is 5.73 Å². The maximum absolute atomic E-state index is 5.95. The monoisotopic (exact) mass is 253 g/mol. The highest BCUT2D eigenvalue weighted by atomic mass is 32.1. The lowest BCUT2D eigenvalue weighted by atomic mass is 10.3. The van der Waals surface area contributed by atoms with Crippen molar-refractivity contribution in [1.82, 2.24) is 20.0 Å². The van der Waals surface area contributed by atoms with E-state index in [1.807, 2.05) is 25.9 Å². The van der Waals surface area contributed by atoms with Gasteiger partial charge in [-0.25, -0.2) is 4.98 Å². The summed E-state index contributed by atoms with van der Waals surface area (Å²) in [6.07, 6.45) is 1.73. The second-order valence-electron chi connectivity index (χ2n) is 4.07. The summed E-state index contributed by atoms with van der Waals surface area (Å²) < 4.78 is 5.18. The number of rotatable bonds is 4. The Bertz CT molecular complexity index is 492. The van der Waals surface area contributed by atoms with Crippen molar-refractivity contribution in [3.63, 3.8) is 0 Å². The molecule has 1 atom stereocenters. The van der Waals surface area contributed by atoms with Crippen molar-refractivity contribution in [3.05, 3.63) is 17.0 Å². The molecule has 0 bridgehead atoms. The quantitative estimate of drug-likeness (QED) is 0.877. The van der Waals surface area contributed by atoms with E-state index in [1.54, 1.807) is 6.20 Å². The van der Waals surface area contributed by atoms with E-state index in [0.717, 1.165) is 9.88 Å². The van der Waals surface area contributed by atoms with Crippen molar-refractivity contribution in [2.75, 3.05) is 20.6 Å². The Morgan fingerprint density at radius 1 is 1.53 bits per heavy atom. The lowest BCUT2D eigenvalue weighted by Gasteiger charge is -2.12. The van der Waals surface area contributed by atoms with E-state index in [4.69, 9.17) is 10.3 Å². The van der Waals surface area contributed by atoms with Gasteiger partial charge in [-0.15, -0.1) is 11.3 Å². The van der Waals surface area contributed by atoms with Gasteiger partial charge in [0, 0.05) is 6.54 Å². The van der Waals surface area contributed by atoms with Crippen LogP contribution in [0.3, 0.4) is 0 Å². The van der Waals surface area contributed by atoms with Crippen molar-refractivity contribution in [1.29, 1.82) is 0 Å². The molecule has 0 radical (unpaired) electrons. The molecule has 2 rings (SSSR count). The molecule has 1 unspecified atom stereocenters. The van der Waals surface area contributed by atoms with Crippen LogP contribution in [0.1, 0.15) is 16.9 Å². The van der Waals surface area contributed by atoms with E-state index >= 15 is 0 Å². The van der Waals surface area contributed by atoms with Gasteiger partial charge in [0.25, 0.3) is 5.89 Å². The zero-order valence-corrected chi connectivity index (χ0v) is 10.9. The third-order valence-corrected chi connectivity index (χ3v) is 3.07. The fraction of sp³-hybridized carbons (Fsp3) is 0.500. The van der Waals surface area contributed by atoms with Gasteiger partial charge in [0.05, 0.1) is 17.2 Å². The second-order valence-corrected chi connectivity index (χ2v) is 5.30. The average Bonchev–Trinajstić information content (AvgIpc) is 2.84. The molecule has 0 aromatic carbocycles. The highest BCUT2D eigenvalue weighted by Crippen LogP contribution is 2.24. The zero-order chi connectivity index (χ0) is 12.4. The average molecular weight is 253 g/mol. The van der Waals surface area contributed by atoms with Crippen LogP contribution in [0.15, 0.2) is 10.7 Å². The van der Waals surface area contributed by atoms with E-state index in [-0.39, 0.29) is 6.04 Å². The fourth-order valence-corrected chi connectivity index (χ4v) is 2.12. The molecule has 0 fully saturated rings. The van der Waals surface area contributed by atoms with Gasteiger partial charge in [-0.1, -0.05) is 5.16 Å². The highest BCUT2D eigenvalue weighted by molar-refractivity contribution is 7.14. The van der Waals surface area contributed by atoms with Gasteiger partial charge in [0.15, 0.2) is 5.82 Å². The molecule has 2 aromatic heterocycles. The van der Waals surface area contributed by atoms with Crippen LogP contribution in [0.5, 0.6) is 0 Å². The van der Waals surface area contributed by atoms with Crippen LogP contribution < -0.4 is 5.73 Å². The second kappa shape index (κ2) is 4.91. The molecule has 0 saturated heterocycles. The largest absolute Gasteiger partial charge is 0.333 e. The number of aryl methyl sites for hydroxylation is 1. The molecule has 0 aliphatic carbocycles. The summed E-state index contributed by atoms with van der Waals surface area (Å²) in [5.41, 5.74) is 5.95. The number of hydrogen-bond acceptors (Lipinski definition) is 7. The molecule has 6 nitrogen and oxygen atoms in total. The van der Waals surface area contributed by atoms with Crippen LogP contribution >= 0.6 is 11.3 Å². The summed E-state index contributed by atoms with van der Waals surface area (Å²) in [4.78, 5) is 11.3. The third kappa shape index (κ3) is 2.87. The van der Waals surface area contributed by atoms with E-state index < -0.39 is 0 Å². The Kier molecular flexibility index (Phi) is 3.51. The normalized spacial score (nSPS) is 13.2. The standard InChI is InChI=1S/C10H15N5OS/c1-6-12-4-8(17-6)10-13-9(14-16-10)7(11)5-15(2)3/h4,7H,5,11H2,1-3H3. The molecule has 2 N–H and O–H groups in total. The Hall–Kier alpha value is -1.31. The topological polar surface area (TPSA) is 81.1 Å². The molecule has 0 amide bonds. The number of hydrogen-bond donors (Lipinski definition) is 1. The molecule has 2 heterocycles. The minimum atomic E-state index is -0.239. The number of likely N-dealkylation sites (N-methyl/N-ethyl adjacent to an activating group) is 1. The molecule has 0 spiro atoms. The summed E-state index contributed by atoms with van der Waals surface area (Å²) >= 11 is 1.52. The molecular formula is C10H15N5OS. The summed E-state index contributed by atoms with van der Waals surface area (Å²) in [6, 6.07) is -0.239. The van der Waals surface area contributed by atoms with Crippen molar-refractivity contribution in [2.45, 2.75) is 13.0 Å². The summed E-state index contributed by atoms with van der Waals surface area (Å²) in [5.74, 6) is 1.01. The van der Waals surface area contributed by atoms with Crippen LogP contribution in [0.4, 0.5) is 0 Å². The Morgan fingerprint density at radius 3 is 2.88 bits per heavy atom. The first-order chi connectivity index (χ1) is 8.06. The van der Waals surface area contributed by atoms with Crippen LogP contribution in [0.2, 0.25) is 0 Å². The molecular weight excluding hydrogens is 238 g/mol. The first-order valence-corrected chi connectivity index (χ1v) is 6.04. The molecule has 0 aliphatic heterocycles. The first-order valence-electron chi connectivity index (χ1n) is 5.23. The predicted molar refractivity (Wildman–Crippen MR) is 65.6 cm³/mol. The maximum atomic E-state index is 5.95. The first kappa shape index (κ1) is 12.2. The van der Waals surface area contributed by atoms with Crippen LogP contribution in [-0.4, -0.2) is 40.7 Å². The SMILES string of the molecule is Cc1ncc(-c2nc(C(N)CN(C)C)no2)s1. The smallest absolute Gasteiger partial charge is 0.269 e. The summed E-state index contributed by atoms with van der Waals surface area (Å²) in [5, 5.41) is 4.87. The molecule has 17 heavy (non-hydrogen) atoms. The van der Waals surface area contributed by atoms with E-state index in [9.17, 15) is 0 Å². The number of nitrogens with two attached hydrogens (primary N) is 1. The Labute approximate surface area is 103 Å². The van der Waals surface area contributed by atoms with Gasteiger partial charge >= 0.3 is 0 Å². The van der Waals surface area contributed by atoms with E-state index in [0.29, 0.717) is 18.3 Å². The fourth-order valence-electron chi connectivity index (χ4n) is 1.42. The van der Waals surface area contributed by atoms with Crippen LogP contribution in [0.25, 0.3) is 10.8 Å². The van der Waals surface area contributed by atoms with Gasteiger partial charge < -0.3 is 15.2 Å². The molecule has 2 aromatic rings. The van der Waals surface area contributed by atoms with Gasteiger partial charge in [-0.3, -0.25) is 0 Å². The Balaban J connectivity index is 2.15. The van der Waals surface area contributed by atoms with Crippen molar-refractivity contribution >= 4 is 11.3 Å². The third-order valence-electron chi connectivity index (χ3n) is 2.17. The number of nitrogens with zero attached hydrogens (tertiary/aromatic N) is 4. The van der Waals surface area contributed by atoms with Gasteiger partial charge in [-0.2, -0.15) is 4.98 Å². The van der Waals surface area contributed by atoms with Crippen molar-refractivity contribution in [3.8, 4) is 10.8 Å². The molecule has 92 valence electrons. The van der Waals surface area contributed by atoms with Crippen LogP contribution in [0, 0.1) is 6.92 Å². The van der Waals surface area contributed by atoms with Crippen molar-refractivity contribution < 1.29 is 4.52 Å². The minimum absolute atomic E-state index is 0.239. The Morgan fingerprint density at radius 2 is 2.29 bits per heavy atom. The van der Waals surface area contributed by atoms with Gasteiger partial charge in [-0.05, 0) is 21.0 Å². The lowest BCUT2D eigenvalue weighted by molar-refractivity contribution is 0.357. The van der Waals surface area contributed by atoms with E-state index in [2.05, 4.69) is 15.1 Å². The van der Waals surface area contributed by atoms with Crippen LogP contribution in [-0.2, 0) is 0 Å². The number of thiazole rings is 1. The van der Waals surface area contributed by atoms with Gasteiger partial charge in [0.2, 0.25) is 0 Å².